The first-order valence-electron chi connectivity index (χ1n) is 22.8. The SMILES string of the molecule is O=C(Cc1ccc(CC(=O)N(CCCNC[C@H](O)c2ccc(O)c3[nH]c(=O)ccc23)Cc2cccc(C(F)(F)F)c2)cc1)N1CCC(C(=O)O[C@H]2CN3CCC2CC3)(c2ccccc2)CC1. The van der Waals surface area contributed by atoms with Crippen LogP contribution in [0.15, 0.2) is 108 Å². The summed E-state index contributed by atoms with van der Waals surface area (Å²) in [6.45, 7) is 4.35. The Hall–Kier alpha value is -6.03. The molecular weight excluding hydrogens is 852 g/mol. The highest BCUT2D eigenvalue weighted by molar-refractivity contribution is 5.87. The van der Waals surface area contributed by atoms with Crippen LogP contribution in [0.5, 0.6) is 5.75 Å². The third kappa shape index (κ3) is 10.8. The zero-order valence-corrected chi connectivity index (χ0v) is 36.8. The van der Waals surface area contributed by atoms with E-state index in [0.717, 1.165) is 55.7 Å². The monoisotopic (exact) mass is 907 g/mol. The van der Waals surface area contributed by atoms with Crippen molar-refractivity contribution in [2.45, 2.75) is 75.3 Å². The maximum Gasteiger partial charge on any atom is 0.416 e. The molecule has 2 amide bonds. The van der Waals surface area contributed by atoms with E-state index in [0.29, 0.717) is 66.9 Å². The number of aliphatic hydroxyl groups is 1. The Bertz CT molecular complexity index is 2550. The number of hydrogen-bond acceptors (Lipinski definition) is 9. The van der Waals surface area contributed by atoms with Crippen LogP contribution < -0.4 is 10.9 Å². The fourth-order valence-electron chi connectivity index (χ4n) is 9.80. The predicted molar refractivity (Wildman–Crippen MR) is 242 cm³/mol. The lowest BCUT2D eigenvalue weighted by Crippen LogP contribution is -2.55. The molecule has 0 radical (unpaired) electrons. The Morgan fingerprint density at radius 3 is 2.26 bits per heavy atom. The number of halogens is 3. The third-order valence-corrected chi connectivity index (χ3v) is 13.6. The predicted octanol–water partition coefficient (Wildman–Crippen LogP) is 6.28. The minimum absolute atomic E-state index is 0.0151. The number of aliphatic hydroxyl groups excluding tert-OH is 1. The summed E-state index contributed by atoms with van der Waals surface area (Å²) in [6.07, 6.45) is -2.09. The summed E-state index contributed by atoms with van der Waals surface area (Å²) in [6, 6.07) is 27.7. The number of carbonyl (C=O) groups excluding carboxylic acids is 3. The summed E-state index contributed by atoms with van der Waals surface area (Å²) in [5.74, 6) is -0.287. The second kappa shape index (κ2) is 20.2. The maximum absolute atomic E-state index is 14.1. The minimum atomic E-state index is -4.54. The number of nitrogens with one attached hydrogen (secondary N) is 2. The number of piperidine rings is 4. The number of pyridine rings is 1. The van der Waals surface area contributed by atoms with Crippen molar-refractivity contribution in [2.24, 2.45) is 5.92 Å². The summed E-state index contributed by atoms with van der Waals surface area (Å²) in [4.78, 5) is 61.7. The van der Waals surface area contributed by atoms with Crippen LogP contribution in [0, 0.1) is 5.92 Å². The number of esters is 1. The van der Waals surface area contributed by atoms with Gasteiger partial charge in [0.25, 0.3) is 0 Å². The van der Waals surface area contributed by atoms with Crippen LogP contribution in [-0.4, -0.2) is 106 Å². The zero-order valence-electron chi connectivity index (χ0n) is 36.8. The van der Waals surface area contributed by atoms with Crippen molar-refractivity contribution in [1.82, 2.24) is 25.0 Å². The van der Waals surface area contributed by atoms with Crippen LogP contribution in [0.4, 0.5) is 13.2 Å². The van der Waals surface area contributed by atoms with Gasteiger partial charge < -0.3 is 35.1 Å². The highest BCUT2D eigenvalue weighted by Gasteiger charge is 2.47. The second-order valence-corrected chi connectivity index (χ2v) is 18.0. The standard InChI is InChI=1S/C51H56F3N5O7/c52-51(53,54)39-9-4-6-36(28-39)32-59(23-5-22-55-31-43(61)40-14-16-42(60)48-41(40)15-17-45(62)56-48)47(64)30-35-12-10-34(11-13-35)29-46(63)58-26-20-50(21-27-58,38-7-2-1-3-8-38)49(65)66-44-33-57-24-18-37(44)19-25-57/h1-4,6-17,28,37,43-44,55,60-61H,5,18-27,29-33H2,(H,56,62)/t43-,44-/m0/s1. The smallest absolute Gasteiger partial charge is 0.416 e. The molecule has 1 aromatic heterocycles. The van der Waals surface area contributed by atoms with Gasteiger partial charge in [0.1, 0.15) is 11.9 Å². The lowest BCUT2D eigenvalue weighted by molar-refractivity contribution is -0.168. The number of aromatic amines is 1. The van der Waals surface area contributed by atoms with E-state index in [4.69, 9.17) is 4.74 Å². The summed E-state index contributed by atoms with van der Waals surface area (Å²) in [5, 5.41) is 24.8. The van der Waals surface area contributed by atoms with Crippen LogP contribution in [-0.2, 0) is 50.1 Å². The molecule has 5 aromatic rings. The van der Waals surface area contributed by atoms with Gasteiger partial charge in [0.2, 0.25) is 17.4 Å². The molecule has 4 aliphatic heterocycles. The molecule has 0 aliphatic carbocycles. The van der Waals surface area contributed by atoms with E-state index in [-0.39, 0.29) is 67.6 Å². The Balaban J connectivity index is 0.865. The normalized spacial score (nSPS) is 19.6. The molecule has 348 valence electrons. The van der Waals surface area contributed by atoms with Gasteiger partial charge in [0, 0.05) is 50.7 Å². The number of benzene rings is 4. The van der Waals surface area contributed by atoms with Gasteiger partial charge in [-0.1, -0.05) is 72.8 Å². The number of hydrogen-bond donors (Lipinski definition) is 4. The largest absolute Gasteiger partial charge is 0.506 e. The number of phenols is 1. The number of H-pyrrole nitrogens is 1. The molecule has 5 heterocycles. The van der Waals surface area contributed by atoms with Crippen LogP contribution >= 0.6 is 0 Å². The first kappa shape index (κ1) is 46.5. The number of carbonyl (C=O) groups is 3. The van der Waals surface area contributed by atoms with Gasteiger partial charge in [0.15, 0.2) is 0 Å². The van der Waals surface area contributed by atoms with Crippen molar-refractivity contribution in [2.75, 3.05) is 52.4 Å². The highest BCUT2D eigenvalue weighted by Crippen LogP contribution is 2.40. The fourth-order valence-corrected chi connectivity index (χ4v) is 9.80. The van der Waals surface area contributed by atoms with E-state index in [2.05, 4.69) is 15.2 Å². The molecular formula is C51H56F3N5O7. The molecule has 2 bridgehead atoms. The van der Waals surface area contributed by atoms with Gasteiger partial charge in [-0.2, -0.15) is 13.2 Å². The molecule has 0 saturated carbocycles. The molecule has 0 unspecified atom stereocenters. The molecule has 12 nitrogen and oxygen atoms in total. The Labute approximate surface area is 381 Å². The minimum Gasteiger partial charge on any atom is -0.506 e. The number of amides is 2. The molecule has 4 saturated heterocycles. The number of phenolic OH excluding ortho intramolecular Hbond substituents is 1. The van der Waals surface area contributed by atoms with Crippen LogP contribution in [0.25, 0.3) is 10.9 Å². The highest BCUT2D eigenvalue weighted by atomic mass is 19.4. The van der Waals surface area contributed by atoms with E-state index in [1.54, 1.807) is 29.2 Å². The molecule has 4 fully saturated rings. The topological polar surface area (TPSA) is 156 Å². The van der Waals surface area contributed by atoms with Gasteiger partial charge in [-0.05, 0) is 110 Å². The molecule has 4 aromatic carbocycles. The summed E-state index contributed by atoms with van der Waals surface area (Å²) >= 11 is 0. The Morgan fingerprint density at radius 1 is 0.864 bits per heavy atom. The molecule has 4 N–H and O–H groups in total. The molecule has 0 spiro atoms. The Morgan fingerprint density at radius 2 is 1.58 bits per heavy atom. The number of ether oxygens (including phenoxy) is 1. The van der Waals surface area contributed by atoms with E-state index in [9.17, 15) is 42.6 Å². The summed E-state index contributed by atoms with van der Waals surface area (Å²) in [5.41, 5.74) is 1.38. The first-order chi connectivity index (χ1) is 31.8. The lowest BCUT2D eigenvalue weighted by Gasteiger charge is -2.46. The van der Waals surface area contributed by atoms with Gasteiger partial charge in [0.05, 0.1) is 35.4 Å². The van der Waals surface area contributed by atoms with Crippen molar-refractivity contribution in [3.05, 3.63) is 147 Å². The zero-order chi connectivity index (χ0) is 46.4. The van der Waals surface area contributed by atoms with E-state index < -0.39 is 28.8 Å². The van der Waals surface area contributed by atoms with Crippen molar-refractivity contribution in [3.63, 3.8) is 0 Å². The average Bonchev–Trinajstić information content (AvgIpc) is 3.32. The van der Waals surface area contributed by atoms with Crippen LogP contribution in [0.2, 0.25) is 0 Å². The molecule has 15 heteroatoms. The van der Waals surface area contributed by atoms with E-state index >= 15 is 0 Å². The number of aromatic hydroxyl groups is 1. The van der Waals surface area contributed by atoms with Crippen LogP contribution in [0.1, 0.15) is 71.6 Å². The number of aromatic nitrogens is 1. The molecule has 9 rings (SSSR count). The fraction of sp³-hybridized carbons (Fsp3) is 0.412. The summed E-state index contributed by atoms with van der Waals surface area (Å²) < 4.78 is 47.1. The van der Waals surface area contributed by atoms with E-state index in [1.165, 1.54) is 29.2 Å². The number of rotatable bonds is 16. The van der Waals surface area contributed by atoms with Crippen molar-refractivity contribution in [1.29, 1.82) is 0 Å². The van der Waals surface area contributed by atoms with Gasteiger partial charge in [-0.15, -0.1) is 0 Å². The second-order valence-electron chi connectivity index (χ2n) is 18.0. The third-order valence-electron chi connectivity index (χ3n) is 13.6. The number of alkyl halides is 3. The maximum atomic E-state index is 14.1. The quantitative estimate of drug-likeness (QED) is 0.0662. The van der Waals surface area contributed by atoms with Gasteiger partial charge in [-0.3, -0.25) is 24.1 Å². The Kier molecular flexibility index (Phi) is 14.3. The first-order valence-corrected chi connectivity index (χ1v) is 22.8. The van der Waals surface area contributed by atoms with Gasteiger partial charge >= 0.3 is 12.1 Å². The van der Waals surface area contributed by atoms with Crippen LogP contribution in [0.3, 0.4) is 0 Å². The lowest BCUT2D eigenvalue weighted by atomic mass is 9.72. The molecule has 2 atom stereocenters. The summed E-state index contributed by atoms with van der Waals surface area (Å²) in [7, 11) is 0. The average molecular weight is 908 g/mol. The number of likely N-dealkylation sites (tertiary alicyclic amines) is 1. The number of nitrogens with zero attached hydrogens (tertiary/aromatic N) is 3. The van der Waals surface area contributed by atoms with Gasteiger partial charge in [-0.25, -0.2) is 0 Å². The van der Waals surface area contributed by atoms with Crippen molar-refractivity contribution in [3.8, 4) is 5.75 Å². The van der Waals surface area contributed by atoms with Crippen molar-refractivity contribution < 1.29 is 42.5 Å². The van der Waals surface area contributed by atoms with Crippen molar-refractivity contribution >= 4 is 28.7 Å². The number of fused-ring (bicyclic) bond motifs is 4. The van der Waals surface area contributed by atoms with E-state index in [1.807, 2.05) is 42.5 Å². The molecule has 66 heavy (non-hydrogen) atoms. The molecule has 4 aliphatic rings.